The molecular weight excluding hydrogens is 380 g/mol. The van der Waals surface area contributed by atoms with Crippen molar-refractivity contribution in [3.8, 4) is 0 Å². The maximum atomic E-state index is 12.6. The lowest BCUT2D eigenvalue weighted by atomic mass is 10.2. The first-order chi connectivity index (χ1) is 14.0. The van der Waals surface area contributed by atoms with Crippen molar-refractivity contribution in [2.75, 3.05) is 36.0 Å². The Morgan fingerprint density at radius 2 is 1.52 bits per heavy atom. The Balaban J connectivity index is 1.60. The number of piperazine rings is 1. The molecule has 3 heterocycles. The van der Waals surface area contributed by atoms with Crippen molar-refractivity contribution in [1.82, 2.24) is 9.38 Å². The van der Waals surface area contributed by atoms with Gasteiger partial charge in [0.1, 0.15) is 5.65 Å². The molecule has 1 aliphatic rings. The van der Waals surface area contributed by atoms with Gasteiger partial charge in [-0.15, -0.1) is 0 Å². The van der Waals surface area contributed by atoms with E-state index in [1.54, 1.807) is 35.2 Å². The SMILES string of the molecule is O=c1c([N+](=O)[O-])c(N2CCN(c3ccc([N+](=O)[O-])cc3)CC2)nc2ccccn12. The van der Waals surface area contributed by atoms with Gasteiger partial charge in [-0.1, -0.05) is 6.07 Å². The van der Waals surface area contributed by atoms with Gasteiger partial charge in [0.05, 0.1) is 9.85 Å². The monoisotopic (exact) mass is 396 g/mol. The van der Waals surface area contributed by atoms with Crippen LogP contribution in [0.4, 0.5) is 22.9 Å². The zero-order valence-corrected chi connectivity index (χ0v) is 15.2. The van der Waals surface area contributed by atoms with Crippen molar-refractivity contribution in [3.63, 3.8) is 0 Å². The number of anilines is 2. The summed E-state index contributed by atoms with van der Waals surface area (Å²) in [4.78, 5) is 41.9. The highest BCUT2D eigenvalue weighted by molar-refractivity contribution is 5.62. The predicted octanol–water partition coefficient (Wildman–Crippen LogP) is 1.84. The van der Waals surface area contributed by atoms with Crippen LogP contribution in [-0.2, 0) is 0 Å². The van der Waals surface area contributed by atoms with Crippen LogP contribution in [0, 0.1) is 20.2 Å². The number of aromatic nitrogens is 2. The lowest BCUT2D eigenvalue weighted by Crippen LogP contribution is -2.47. The van der Waals surface area contributed by atoms with E-state index < -0.39 is 21.1 Å². The Bertz CT molecular complexity index is 1150. The summed E-state index contributed by atoms with van der Waals surface area (Å²) in [5.41, 5.74) is -0.0677. The average Bonchev–Trinajstić information content (AvgIpc) is 2.73. The van der Waals surface area contributed by atoms with E-state index >= 15 is 0 Å². The molecule has 0 atom stereocenters. The molecule has 4 rings (SSSR count). The normalized spacial score (nSPS) is 14.2. The fourth-order valence-electron chi connectivity index (χ4n) is 3.41. The van der Waals surface area contributed by atoms with Crippen LogP contribution in [0.5, 0.6) is 0 Å². The molecule has 0 amide bonds. The average molecular weight is 396 g/mol. The van der Waals surface area contributed by atoms with Gasteiger partial charge < -0.3 is 9.80 Å². The van der Waals surface area contributed by atoms with E-state index in [-0.39, 0.29) is 11.5 Å². The van der Waals surface area contributed by atoms with Gasteiger partial charge in [-0.25, -0.2) is 4.98 Å². The van der Waals surface area contributed by atoms with E-state index in [9.17, 15) is 25.0 Å². The second-order valence-corrected chi connectivity index (χ2v) is 6.52. The largest absolute Gasteiger partial charge is 0.376 e. The first-order valence-corrected chi connectivity index (χ1v) is 8.86. The molecule has 11 nitrogen and oxygen atoms in total. The molecule has 0 spiro atoms. The van der Waals surface area contributed by atoms with Gasteiger partial charge in [-0.2, -0.15) is 0 Å². The van der Waals surface area contributed by atoms with Crippen molar-refractivity contribution in [2.24, 2.45) is 0 Å². The highest BCUT2D eigenvalue weighted by atomic mass is 16.6. The highest BCUT2D eigenvalue weighted by Gasteiger charge is 2.29. The second-order valence-electron chi connectivity index (χ2n) is 6.52. The van der Waals surface area contributed by atoms with Crippen molar-refractivity contribution in [3.05, 3.63) is 79.2 Å². The lowest BCUT2D eigenvalue weighted by Gasteiger charge is -2.36. The summed E-state index contributed by atoms with van der Waals surface area (Å²) in [6.45, 7) is 1.91. The standard InChI is InChI=1S/C18H16N6O5/c25-18-16(24(28)29)17(19-15-3-1-2-8-22(15)18)21-11-9-20(10-12-21)13-4-6-14(7-5-13)23(26)27/h1-8H,9-12H2. The molecule has 0 N–H and O–H groups in total. The van der Waals surface area contributed by atoms with E-state index in [2.05, 4.69) is 4.98 Å². The number of rotatable bonds is 4. The van der Waals surface area contributed by atoms with Gasteiger partial charge in [0.15, 0.2) is 0 Å². The maximum absolute atomic E-state index is 12.6. The minimum absolute atomic E-state index is 0.0175. The molecule has 11 heteroatoms. The van der Waals surface area contributed by atoms with Crippen molar-refractivity contribution in [2.45, 2.75) is 0 Å². The van der Waals surface area contributed by atoms with E-state index in [4.69, 9.17) is 0 Å². The summed E-state index contributed by atoms with van der Waals surface area (Å²) in [6, 6.07) is 11.2. The molecule has 0 aliphatic carbocycles. The second kappa shape index (κ2) is 7.19. The van der Waals surface area contributed by atoms with Crippen LogP contribution < -0.4 is 15.4 Å². The van der Waals surface area contributed by atoms with Crippen LogP contribution >= 0.6 is 0 Å². The van der Waals surface area contributed by atoms with Crippen LogP contribution in [0.1, 0.15) is 0 Å². The third-order valence-electron chi connectivity index (χ3n) is 4.88. The topological polar surface area (TPSA) is 127 Å². The predicted molar refractivity (Wildman–Crippen MR) is 106 cm³/mol. The first-order valence-electron chi connectivity index (χ1n) is 8.86. The molecule has 29 heavy (non-hydrogen) atoms. The number of nitro groups is 2. The molecule has 0 bridgehead atoms. The molecular formula is C18H16N6O5. The Hall–Kier alpha value is -4.02. The van der Waals surface area contributed by atoms with Gasteiger partial charge >= 0.3 is 11.2 Å². The van der Waals surface area contributed by atoms with Crippen LogP contribution in [0.3, 0.4) is 0 Å². The molecule has 0 unspecified atom stereocenters. The third-order valence-corrected chi connectivity index (χ3v) is 4.88. The fraction of sp³-hybridized carbons (Fsp3) is 0.222. The van der Waals surface area contributed by atoms with Gasteiger partial charge in [-0.05, 0) is 24.3 Å². The summed E-state index contributed by atoms with van der Waals surface area (Å²) in [6.07, 6.45) is 1.45. The number of benzene rings is 1. The van der Waals surface area contributed by atoms with Gasteiger partial charge in [0.25, 0.3) is 5.69 Å². The lowest BCUT2D eigenvalue weighted by molar-refractivity contribution is -0.385. The Morgan fingerprint density at radius 3 is 2.14 bits per heavy atom. The molecule has 1 aliphatic heterocycles. The fourth-order valence-corrected chi connectivity index (χ4v) is 3.41. The van der Waals surface area contributed by atoms with Crippen LogP contribution in [0.2, 0.25) is 0 Å². The molecule has 148 valence electrons. The quantitative estimate of drug-likeness (QED) is 0.483. The Morgan fingerprint density at radius 1 is 0.862 bits per heavy atom. The number of nitrogens with zero attached hydrogens (tertiary/aromatic N) is 6. The van der Waals surface area contributed by atoms with Crippen molar-refractivity contribution >= 4 is 28.5 Å². The number of nitro benzene ring substituents is 1. The summed E-state index contributed by atoms with van der Waals surface area (Å²) in [5.74, 6) is 0.0644. The van der Waals surface area contributed by atoms with E-state index in [1.165, 1.54) is 18.3 Å². The van der Waals surface area contributed by atoms with E-state index in [0.717, 1.165) is 10.1 Å². The summed E-state index contributed by atoms with van der Waals surface area (Å²) >= 11 is 0. The summed E-state index contributed by atoms with van der Waals surface area (Å²) in [7, 11) is 0. The number of fused-ring (bicyclic) bond motifs is 1. The number of hydrogen-bond acceptors (Lipinski definition) is 8. The molecule has 0 saturated carbocycles. The zero-order valence-electron chi connectivity index (χ0n) is 15.2. The minimum Gasteiger partial charge on any atom is -0.368 e. The summed E-state index contributed by atoms with van der Waals surface area (Å²) in [5, 5.41) is 22.4. The van der Waals surface area contributed by atoms with E-state index in [0.29, 0.717) is 31.8 Å². The zero-order chi connectivity index (χ0) is 20.5. The maximum Gasteiger partial charge on any atom is 0.376 e. The van der Waals surface area contributed by atoms with Crippen molar-refractivity contribution in [1.29, 1.82) is 0 Å². The molecule has 1 aromatic carbocycles. The minimum atomic E-state index is -0.714. The first kappa shape index (κ1) is 18.3. The molecule has 1 fully saturated rings. The molecule has 1 saturated heterocycles. The summed E-state index contributed by atoms with van der Waals surface area (Å²) < 4.78 is 1.16. The van der Waals surface area contributed by atoms with E-state index in [1.807, 2.05) is 4.90 Å². The van der Waals surface area contributed by atoms with Gasteiger partial charge in [-0.3, -0.25) is 29.4 Å². The molecule has 2 aromatic heterocycles. The van der Waals surface area contributed by atoms with Crippen LogP contribution in [-0.4, -0.2) is 45.4 Å². The number of non-ortho nitro benzene ring substituents is 1. The van der Waals surface area contributed by atoms with Gasteiger partial charge in [0.2, 0.25) is 5.82 Å². The van der Waals surface area contributed by atoms with Crippen LogP contribution in [0.25, 0.3) is 5.65 Å². The van der Waals surface area contributed by atoms with Crippen LogP contribution in [0.15, 0.2) is 53.5 Å². The number of hydrogen-bond donors (Lipinski definition) is 0. The molecule has 3 aromatic rings. The Kier molecular flexibility index (Phi) is 4.55. The smallest absolute Gasteiger partial charge is 0.368 e. The third kappa shape index (κ3) is 3.33. The van der Waals surface area contributed by atoms with Gasteiger partial charge in [0, 0.05) is 50.2 Å². The number of pyridine rings is 1. The van der Waals surface area contributed by atoms with Crippen molar-refractivity contribution < 1.29 is 9.85 Å². The highest BCUT2D eigenvalue weighted by Crippen LogP contribution is 2.26. The Labute approximate surface area is 163 Å². The molecule has 0 radical (unpaired) electrons.